The molecule has 0 saturated carbocycles. The number of unbranched alkanes of at least 4 members (excludes halogenated alkanes) is 1. The average molecular weight is 360 g/mol. The third kappa shape index (κ3) is 4.73. The van der Waals surface area contributed by atoms with Crippen molar-refractivity contribution in [2.45, 2.75) is 26.2 Å². The Hall–Kier alpha value is -3.14. The highest BCUT2D eigenvalue weighted by Crippen LogP contribution is 2.27. The van der Waals surface area contributed by atoms with Gasteiger partial charge in [0.15, 0.2) is 0 Å². The second kappa shape index (κ2) is 8.99. The number of anilines is 1. The third-order valence-electron chi connectivity index (χ3n) is 4.44. The SMILES string of the molecule is CCCCc1ccc(NC(=O)c2ccc(-c3ccccc3OC)nc2)cc1. The van der Waals surface area contributed by atoms with Crippen molar-refractivity contribution in [2.24, 2.45) is 0 Å². The first kappa shape index (κ1) is 18.6. The second-order valence-corrected chi connectivity index (χ2v) is 6.39. The minimum absolute atomic E-state index is 0.171. The summed E-state index contributed by atoms with van der Waals surface area (Å²) in [6.07, 6.45) is 5.01. The number of para-hydroxylation sites is 1. The molecule has 0 radical (unpaired) electrons. The van der Waals surface area contributed by atoms with Crippen LogP contribution in [0.1, 0.15) is 35.7 Å². The van der Waals surface area contributed by atoms with Gasteiger partial charge < -0.3 is 10.1 Å². The van der Waals surface area contributed by atoms with Crippen LogP contribution < -0.4 is 10.1 Å². The zero-order valence-corrected chi connectivity index (χ0v) is 15.7. The number of hydrogen-bond donors (Lipinski definition) is 1. The lowest BCUT2D eigenvalue weighted by Gasteiger charge is -2.09. The number of hydrogen-bond acceptors (Lipinski definition) is 3. The summed E-state index contributed by atoms with van der Waals surface area (Å²) in [5.74, 6) is 0.584. The standard InChI is InChI=1S/C23H24N2O2/c1-3-4-7-17-10-13-19(14-11-17)25-23(26)18-12-15-21(24-16-18)20-8-5-6-9-22(20)27-2/h5-6,8-16H,3-4,7H2,1-2H3,(H,25,26). The highest BCUT2D eigenvalue weighted by Gasteiger charge is 2.10. The molecule has 1 aromatic heterocycles. The zero-order chi connectivity index (χ0) is 19.1. The first-order chi connectivity index (χ1) is 13.2. The van der Waals surface area contributed by atoms with Gasteiger partial charge in [-0.3, -0.25) is 9.78 Å². The number of amides is 1. The fraction of sp³-hybridized carbons (Fsp3) is 0.217. The number of carbonyl (C=O) groups excluding carboxylic acids is 1. The van der Waals surface area contributed by atoms with E-state index in [2.05, 4.69) is 29.4 Å². The molecule has 3 aromatic rings. The van der Waals surface area contributed by atoms with Crippen LogP contribution in [0.15, 0.2) is 66.9 Å². The van der Waals surface area contributed by atoms with E-state index in [-0.39, 0.29) is 5.91 Å². The van der Waals surface area contributed by atoms with Crippen LogP contribution in [-0.4, -0.2) is 18.0 Å². The van der Waals surface area contributed by atoms with Gasteiger partial charge in [0.2, 0.25) is 0 Å². The van der Waals surface area contributed by atoms with Crippen molar-refractivity contribution in [3.63, 3.8) is 0 Å². The van der Waals surface area contributed by atoms with Crippen LogP contribution >= 0.6 is 0 Å². The fourth-order valence-corrected chi connectivity index (χ4v) is 2.88. The lowest BCUT2D eigenvalue weighted by atomic mass is 10.1. The molecule has 2 aromatic carbocycles. The van der Waals surface area contributed by atoms with Gasteiger partial charge in [0.25, 0.3) is 5.91 Å². The van der Waals surface area contributed by atoms with E-state index in [4.69, 9.17) is 4.74 Å². The van der Waals surface area contributed by atoms with Crippen LogP contribution in [0.25, 0.3) is 11.3 Å². The van der Waals surface area contributed by atoms with Gasteiger partial charge in [0.1, 0.15) is 5.75 Å². The van der Waals surface area contributed by atoms with Gasteiger partial charge in [-0.25, -0.2) is 0 Å². The normalized spacial score (nSPS) is 10.4. The maximum atomic E-state index is 12.5. The molecule has 1 amide bonds. The summed E-state index contributed by atoms with van der Waals surface area (Å²) in [4.78, 5) is 16.9. The third-order valence-corrected chi connectivity index (χ3v) is 4.44. The van der Waals surface area contributed by atoms with Crippen molar-refractivity contribution in [3.8, 4) is 17.0 Å². The maximum absolute atomic E-state index is 12.5. The quantitative estimate of drug-likeness (QED) is 0.618. The second-order valence-electron chi connectivity index (χ2n) is 6.39. The number of rotatable bonds is 7. The van der Waals surface area contributed by atoms with Gasteiger partial charge in [-0.05, 0) is 54.8 Å². The number of ether oxygens (including phenoxy) is 1. The molecule has 0 atom stereocenters. The number of pyridine rings is 1. The molecule has 4 heteroatoms. The molecule has 3 rings (SSSR count). The van der Waals surface area contributed by atoms with Crippen molar-refractivity contribution in [2.75, 3.05) is 12.4 Å². The van der Waals surface area contributed by atoms with E-state index in [0.717, 1.165) is 29.1 Å². The molecule has 138 valence electrons. The van der Waals surface area contributed by atoms with E-state index in [1.165, 1.54) is 18.4 Å². The molecule has 0 aliphatic carbocycles. The molecule has 0 aliphatic rings. The van der Waals surface area contributed by atoms with E-state index >= 15 is 0 Å². The molecule has 0 spiro atoms. The summed E-state index contributed by atoms with van der Waals surface area (Å²) < 4.78 is 5.37. The first-order valence-electron chi connectivity index (χ1n) is 9.21. The molecular formula is C23H24N2O2. The molecule has 4 nitrogen and oxygen atoms in total. The zero-order valence-electron chi connectivity index (χ0n) is 15.7. The van der Waals surface area contributed by atoms with E-state index in [1.54, 1.807) is 19.4 Å². The highest BCUT2D eigenvalue weighted by molar-refractivity contribution is 6.04. The Bertz CT molecular complexity index is 887. The highest BCUT2D eigenvalue weighted by atomic mass is 16.5. The number of nitrogens with one attached hydrogen (secondary N) is 1. The first-order valence-corrected chi connectivity index (χ1v) is 9.21. The molecule has 27 heavy (non-hydrogen) atoms. The van der Waals surface area contributed by atoms with E-state index in [9.17, 15) is 4.79 Å². The Morgan fingerprint density at radius 3 is 2.48 bits per heavy atom. The number of methoxy groups -OCH3 is 1. The van der Waals surface area contributed by atoms with Crippen LogP contribution in [0.2, 0.25) is 0 Å². The average Bonchev–Trinajstić information content (AvgIpc) is 2.73. The molecule has 0 fully saturated rings. The molecule has 0 bridgehead atoms. The van der Waals surface area contributed by atoms with Gasteiger partial charge in [-0.1, -0.05) is 37.6 Å². The molecule has 1 N–H and O–H groups in total. The number of aryl methyl sites for hydroxylation is 1. The van der Waals surface area contributed by atoms with Crippen LogP contribution in [0.3, 0.4) is 0 Å². The van der Waals surface area contributed by atoms with Crippen molar-refractivity contribution in [1.82, 2.24) is 4.98 Å². The van der Waals surface area contributed by atoms with Crippen LogP contribution in [0.4, 0.5) is 5.69 Å². The fourth-order valence-electron chi connectivity index (χ4n) is 2.88. The Labute approximate surface area is 160 Å². The molecule has 1 heterocycles. The van der Waals surface area contributed by atoms with Gasteiger partial charge in [0, 0.05) is 17.4 Å². The Morgan fingerprint density at radius 2 is 1.81 bits per heavy atom. The lowest BCUT2D eigenvalue weighted by molar-refractivity contribution is 0.102. The van der Waals surface area contributed by atoms with Gasteiger partial charge in [-0.2, -0.15) is 0 Å². The van der Waals surface area contributed by atoms with Gasteiger partial charge in [0.05, 0.1) is 18.4 Å². The Balaban J connectivity index is 1.69. The Morgan fingerprint density at radius 1 is 1.04 bits per heavy atom. The number of aromatic nitrogens is 1. The topological polar surface area (TPSA) is 51.2 Å². The molecular weight excluding hydrogens is 336 g/mol. The summed E-state index contributed by atoms with van der Waals surface area (Å²) in [6.45, 7) is 2.18. The molecule has 0 saturated heterocycles. The van der Waals surface area contributed by atoms with E-state index in [1.807, 2.05) is 42.5 Å². The summed E-state index contributed by atoms with van der Waals surface area (Å²) >= 11 is 0. The largest absolute Gasteiger partial charge is 0.496 e. The predicted molar refractivity (Wildman–Crippen MR) is 109 cm³/mol. The summed E-state index contributed by atoms with van der Waals surface area (Å²) in [5, 5.41) is 2.92. The summed E-state index contributed by atoms with van der Waals surface area (Å²) in [5.41, 5.74) is 4.26. The van der Waals surface area contributed by atoms with Crippen LogP contribution in [0, 0.1) is 0 Å². The molecule has 0 unspecified atom stereocenters. The van der Waals surface area contributed by atoms with Gasteiger partial charge >= 0.3 is 0 Å². The monoisotopic (exact) mass is 360 g/mol. The lowest BCUT2D eigenvalue weighted by Crippen LogP contribution is -2.12. The Kier molecular flexibility index (Phi) is 6.21. The van der Waals surface area contributed by atoms with Crippen molar-refractivity contribution < 1.29 is 9.53 Å². The van der Waals surface area contributed by atoms with Crippen molar-refractivity contribution >= 4 is 11.6 Å². The van der Waals surface area contributed by atoms with E-state index in [0.29, 0.717) is 5.56 Å². The van der Waals surface area contributed by atoms with E-state index < -0.39 is 0 Å². The number of nitrogens with zero attached hydrogens (tertiary/aromatic N) is 1. The minimum atomic E-state index is -0.171. The van der Waals surface area contributed by atoms with Crippen LogP contribution in [-0.2, 0) is 6.42 Å². The van der Waals surface area contributed by atoms with Crippen molar-refractivity contribution in [1.29, 1.82) is 0 Å². The minimum Gasteiger partial charge on any atom is -0.496 e. The molecule has 0 aliphatic heterocycles. The van der Waals surface area contributed by atoms with Crippen LogP contribution in [0.5, 0.6) is 5.75 Å². The van der Waals surface area contributed by atoms with Crippen molar-refractivity contribution in [3.05, 3.63) is 78.0 Å². The smallest absolute Gasteiger partial charge is 0.257 e. The maximum Gasteiger partial charge on any atom is 0.257 e. The predicted octanol–water partition coefficient (Wildman–Crippen LogP) is 5.35. The summed E-state index contributed by atoms with van der Waals surface area (Å²) in [7, 11) is 1.63. The number of benzene rings is 2. The number of carbonyl (C=O) groups is 1. The summed E-state index contributed by atoms with van der Waals surface area (Å²) in [6, 6.07) is 19.3. The van der Waals surface area contributed by atoms with Gasteiger partial charge in [-0.15, -0.1) is 0 Å².